The number of allylic oxidation sites excluding steroid dienone is 1. The van der Waals surface area contributed by atoms with E-state index in [1.54, 1.807) is 20.3 Å². The highest BCUT2D eigenvalue weighted by molar-refractivity contribution is 6.15. The minimum Gasteiger partial charge on any atom is -0.497 e. The summed E-state index contributed by atoms with van der Waals surface area (Å²) in [7, 11) is 3.32. The summed E-state index contributed by atoms with van der Waals surface area (Å²) in [6.45, 7) is 3.86. The van der Waals surface area contributed by atoms with Gasteiger partial charge in [-0.15, -0.1) is 0 Å². The first-order valence-corrected chi connectivity index (χ1v) is 11.3. The van der Waals surface area contributed by atoms with Crippen molar-refractivity contribution >= 4 is 11.9 Å². The zero-order chi connectivity index (χ0) is 23.7. The molecule has 2 aliphatic rings. The van der Waals surface area contributed by atoms with Crippen LogP contribution >= 0.6 is 0 Å². The molecular weight excluding hydrogens is 430 g/mol. The first-order chi connectivity index (χ1) is 16.6. The predicted octanol–water partition coefficient (Wildman–Crippen LogP) is 5.02. The third-order valence-corrected chi connectivity index (χ3v) is 6.29. The number of ketones is 1. The van der Waals surface area contributed by atoms with Crippen LogP contribution in [0.3, 0.4) is 0 Å². The summed E-state index contributed by atoms with van der Waals surface area (Å²) in [6, 6.07) is 17.5. The van der Waals surface area contributed by atoms with E-state index in [1.165, 1.54) is 0 Å². The van der Waals surface area contributed by atoms with Crippen molar-refractivity contribution in [2.24, 2.45) is 0 Å². The van der Waals surface area contributed by atoms with Crippen LogP contribution in [-0.2, 0) is 13.0 Å². The smallest absolute Gasteiger partial charge is 0.232 e. The van der Waals surface area contributed by atoms with E-state index in [0.29, 0.717) is 30.3 Å². The van der Waals surface area contributed by atoms with Crippen molar-refractivity contribution in [3.63, 3.8) is 0 Å². The molecular formula is C28H27NO5. The fourth-order valence-corrected chi connectivity index (χ4v) is 4.46. The van der Waals surface area contributed by atoms with Crippen LogP contribution in [0.2, 0.25) is 0 Å². The maximum absolute atomic E-state index is 13.2. The van der Waals surface area contributed by atoms with E-state index in [4.69, 9.17) is 18.9 Å². The van der Waals surface area contributed by atoms with Crippen LogP contribution in [0, 0.1) is 6.92 Å². The van der Waals surface area contributed by atoms with E-state index in [9.17, 15) is 4.79 Å². The van der Waals surface area contributed by atoms with Gasteiger partial charge in [-0.25, -0.2) is 0 Å². The monoisotopic (exact) mass is 457 g/mol. The minimum atomic E-state index is -0.0998. The number of nitrogens with zero attached hydrogens (tertiary/aromatic N) is 1. The Balaban J connectivity index is 1.38. The number of methoxy groups -OCH3 is 2. The van der Waals surface area contributed by atoms with Gasteiger partial charge in [0.1, 0.15) is 29.7 Å². The Kier molecular flexibility index (Phi) is 5.99. The van der Waals surface area contributed by atoms with Crippen LogP contribution in [0.5, 0.6) is 23.0 Å². The molecule has 3 aromatic carbocycles. The van der Waals surface area contributed by atoms with Gasteiger partial charge in [0.15, 0.2) is 5.76 Å². The maximum atomic E-state index is 13.2. The Morgan fingerprint density at radius 3 is 2.62 bits per heavy atom. The number of carbonyl (C=O) groups excluding carboxylic acids is 1. The van der Waals surface area contributed by atoms with Gasteiger partial charge in [-0.2, -0.15) is 0 Å². The van der Waals surface area contributed by atoms with E-state index in [1.807, 2.05) is 55.5 Å². The number of ether oxygens (including phenoxy) is 4. The Morgan fingerprint density at radius 1 is 1.06 bits per heavy atom. The van der Waals surface area contributed by atoms with Crippen molar-refractivity contribution in [2.75, 3.05) is 27.5 Å². The van der Waals surface area contributed by atoms with Gasteiger partial charge >= 0.3 is 0 Å². The summed E-state index contributed by atoms with van der Waals surface area (Å²) < 4.78 is 22.9. The lowest BCUT2D eigenvalue weighted by Crippen LogP contribution is -2.34. The molecule has 0 atom stereocenters. The number of hydrogen-bond acceptors (Lipinski definition) is 6. The molecule has 0 saturated carbocycles. The van der Waals surface area contributed by atoms with Crippen molar-refractivity contribution < 1.29 is 23.7 Å². The Bertz CT molecular complexity index is 1260. The lowest BCUT2D eigenvalue weighted by molar-refractivity contribution is 0.0947. The molecule has 0 amide bonds. The molecule has 0 fully saturated rings. The van der Waals surface area contributed by atoms with E-state index in [-0.39, 0.29) is 5.78 Å². The number of Topliss-reactive ketones (excluding diaryl/α,β-unsaturated/α-hetero) is 1. The quantitative estimate of drug-likeness (QED) is 0.485. The number of rotatable bonds is 6. The molecule has 34 heavy (non-hydrogen) atoms. The largest absolute Gasteiger partial charge is 0.497 e. The normalized spacial score (nSPS) is 16.0. The van der Waals surface area contributed by atoms with Crippen molar-refractivity contribution in [1.82, 2.24) is 4.90 Å². The molecule has 5 rings (SSSR count). The Hall–Kier alpha value is -3.77. The zero-order valence-electron chi connectivity index (χ0n) is 19.6. The van der Waals surface area contributed by atoms with Crippen LogP contribution in [-0.4, -0.2) is 38.2 Å². The van der Waals surface area contributed by atoms with E-state index >= 15 is 0 Å². The van der Waals surface area contributed by atoms with Gasteiger partial charge in [-0.05, 0) is 60.4 Å². The van der Waals surface area contributed by atoms with Crippen LogP contribution in [0.15, 0.2) is 60.4 Å². The van der Waals surface area contributed by atoms with E-state index in [2.05, 4.69) is 11.0 Å². The van der Waals surface area contributed by atoms with E-state index in [0.717, 1.165) is 52.5 Å². The van der Waals surface area contributed by atoms with E-state index < -0.39 is 0 Å². The van der Waals surface area contributed by atoms with Gasteiger partial charge in [0, 0.05) is 13.1 Å². The second-order valence-corrected chi connectivity index (χ2v) is 8.48. The standard InChI is InChI=1S/C28H27NO5/c1-18-14-24-22(16-29(17-33-24)13-12-20-6-4-5-7-23(20)32-3)28-26(18)27(30)25(34-28)15-19-8-10-21(31-2)11-9-19/h4-11,14-15H,12-13,16-17H2,1-3H3/b25-15-. The van der Waals surface area contributed by atoms with Gasteiger partial charge in [-0.1, -0.05) is 30.3 Å². The molecule has 0 aliphatic carbocycles. The highest BCUT2D eigenvalue weighted by atomic mass is 16.5. The summed E-state index contributed by atoms with van der Waals surface area (Å²) in [6.07, 6.45) is 2.61. The highest BCUT2D eigenvalue weighted by Crippen LogP contribution is 2.44. The van der Waals surface area contributed by atoms with Gasteiger partial charge < -0.3 is 18.9 Å². The van der Waals surface area contributed by atoms with Crippen molar-refractivity contribution in [1.29, 1.82) is 0 Å². The van der Waals surface area contributed by atoms with Crippen molar-refractivity contribution in [2.45, 2.75) is 19.9 Å². The molecule has 0 aromatic heterocycles. The molecule has 3 aromatic rings. The lowest BCUT2D eigenvalue weighted by Gasteiger charge is -2.30. The van der Waals surface area contributed by atoms with Crippen LogP contribution < -0.4 is 18.9 Å². The zero-order valence-corrected chi connectivity index (χ0v) is 19.6. The summed E-state index contributed by atoms with van der Waals surface area (Å²) >= 11 is 0. The number of benzene rings is 3. The summed E-state index contributed by atoms with van der Waals surface area (Å²) in [4.78, 5) is 15.4. The maximum Gasteiger partial charge on any atom is 0.232 e. The average Bonchev–Trinajstić information content (AvgIpc) is 3.20. The average molecular weight is 458 g/mol. The first-order valence-electron chi connectivity index (χ1n) is 11.3. The second-order valence-electron chi connectivity index (χ2n) is 8.48. The molecule has 6 heteroatoms. The van der Waals surface area contributed by atoms with Gasteiger partial charge in [0.25, 0.3) is 0 Å². The molecule has 2 heterocycles. The summed E-state index contributed by atoms with van der Waals surface area (Å²) in [5, 5.41) is 0. The number of hydrogen-bond donors (Lipinski definition) is 0. The molecule has 0 radical (unpaired) electrons. The number of aryl methyl sites for hydroxylation is 1. The van der Waals surface area contributed by atoms with Crippen LogP contribution in [0.1, 0.15) is 32.6 Å². The predicted molar refractivity (Wildman–Crippen MR) is 130 cm³/mol. The number of fused-ring (bicyclic) bond motifs is 3. The summed E-state index contributed by atoms with van der Waals surface area (Å²) in [5.74, 6) is 3.27. The third kappa shape index (κ3) is 4.13. The third-order valence-electron chi connectivity index (χ3n) is 6.29. The fourth-order valence-electron chi connectivity index (χ4n) is 4.46. The van der Waals surface area contributed by atoms with Gasteiger partial charge in [0.2, 0.25) is 5.78 Å². The molecule has 0 saturated heterocycles. The molecule has 0 unspecified atom stereocenters. The lowest BCUT2D eigenvalue weighted by atomic mass is 9.98. The highest BCUT2D eigenvalue weighted by Gasteiger charge is 2.35. The second kappa shape index (κ2) is 9.23. The number of para-hydroxylation sites is 1. The topological polar surface area (TPSA) is 57.2 Å². The Labute approximate surface area is 199 Å². The first kappa shape index (κ1) is 22.0. The van der Waals surface area contributed by atoms with Gasteiger partial charge in [0.05, 0.1) is 25.3 Å². The molecule has 2 aliphatic heterocycles. The van der Waals surface area contributed by atoms with Gasteiger partial charge in [-0.3, -0.25) is 9.69 Å². The summed E-state index contributed by atoms with van der Waals surface area (Å²) in [5.41, 5.74) is 4.42. The van der Waals surface area contributed by atoms with Crippen molar-refractivity contribution in [3.8, 4) is 23.0 Å². The molecule has 0 bridgehead atoms. The molecule has 0 N–H and O–H groups in total. The molecule has 0 spiro atoms. The number of carbonyl (C=O) groups is 1. The molecule has 6 nitrogen and oxygen atoms in total. The fraction of sp³-hybridized carbons (Fsp3) is 0.250. The van der Waals surface area contributed by atoms with Crippen LogP contribution in [0.25, 0.3) is 6.08 Å². The SMILES string of the molecule is COc1ccc(/C=C2\Oc3c4c(cc(C)c3C2=O)OCN(CCc2ccccc2OC)C4)cc1. The molecule has 174 valence electrons. The minimum absolute atomic E-state index is 0.0998. The van der Waals surface area contributed by atoms with Crippen LogP contribution in [0.4, 0.5) is 0 Å². The van der Waals surface area contributed by atoms with Crippen molar-refractivity contribution in [3.05, 3.63) is 88.2 Å². The Morgan fingerprint density at radius 2 is 1.85 bits per heavy atom.